The molecule has 0 aliphatic heterocycles. The van der Waals surface area contributed by atoms with Crippen LogP contribution in [-0.4, -0.2) is 9.97 Å². The largest absolute Gasteiger partial charge is 0.246 e. The highest BCUT2D eigenvalue weighted by molar-refractivity contribution is 9.10. The first-order chi connectivity index (χ1) is 8.11. The lowest BCUT2D eigenvalue weighted by atomic mass is 10.3. The van der Waals surface area contributed by atoms with Crippen molar-refractivity contribution >= 4 is 31.9 Å². The van der Waals surface area contributed by atoms with E-state index in [9.17, 15) is 0 Å². The standard InChI is InChI=1S/C7H8BrN.C6H6BrN/c1-2-6-4-3-5-7(8)9-6;1-5-3-2-4-6(7)8-5/h3-5H,2H2,1H3;2-4H,1H3. The maximum atomic E-state index is 4.21. The van der Waals surface area contributed by atoms with Gasteiger partial charge in [0.05, 0.1) is 0 Å². The quantitative estimate of drug-likeness (QED) is 0.699. The first kappa shape index (κ1) is 14.3. The molecular weight excluding hydrogens is 344 g/mol. The van der Waals surface area contributed by atoms with Crippen molar-refractivity contribution in [3.05, 3.63) is 57.0 Å². The van der Waals surface area contributed by atoms with Gasteiger partial charge in [-0.25, -0.2) is 9.97 Å². The lowest BCUT2D eigenvalue weighted by Gasteiger charge is -1.93. The number of rotatable bonds is 1. The van der Waals surface area contributed by atoms with Crippen LogP contribution in [-0.2, 0) is 6.42 Å². The maximum Gasteiger partial charge on any atom is 0.106 e. The number of hydrogen-bond acceptors (Lipinski definition) is 2. The number of halogens is 2. The van der Waals surface area contributed by atoms with Crippen molar-refractivity contribution in [1.29, 1.82) is 0 Å². The fourth-order valence-corrected chi connectivity index (χ4v) is 1.97. The Bertz CT molecular complexity index is 455. The molecule has 17 heavy (non-hydrogen) atoms. The van der Waals surface area contributed by atoms with E-state index in [1.165, 1.54) is 0 Å². The zero-order chi connectivity index (χ0) is 12.7. The number of aromatic nitrogens is 2. The molecule has 0 saturated carbocycles. The summed E-state index contributed by atoms with van der Waals surface area (Å²) in [6, 6.07) is 11.8. The van der Waals surface area contributed by atoms with Gasteiger partial charge >= 0.3 is 0 Å². The third-order valence-electron chi connectivity index (χ3n) is 1.99. The molecule has 90 valence electrons. The molecule has 2 heterocycles. The summed E-state index contributed by atoms with van der Waals surface area (Å²) in [5, 5.41) is 0. The van der Waals surface area contributed by atoms with Gasteiger partial charge in [0.15, 0.2) is 0 Å². The maximum absolute atomic E-state index is 4.21. The number of nitrogens with zero attached hydrogens (tertiary/aromatic N) is 2. The van der Waals surface area contributed by atoms with Crippen LogP contribution in [0.5, 0.6) is 0 Å². The Hall–Kier alpha value is -0.740. The van der Waals surface area contributed by atoms with Gasteiger partial charge in [-0.3, -0.25) is 0 Å². The van der Waals surface area contributed by atoms with Gasteiger partial charge < -0.3 is 0 Å². The average Bonchev–Trinajstić information content (AvgIpc) is 2.29. The summed E-state index contributed by atoms with van der Waals surface area (Å²) in [7, 11) is 0. The Morgan fingerprint density at radius 3 is 1.88 bits per heavy atom. The van der Waals surface area contributed by atoms with E-state index in [4.69, 9.17) is 0 Å². The fraction of sp³-hybridized carbons (Fsp3) is 0.231. The molecule has 0 unspecified atom stereocenters. The van der Waals surface area contributed by atoms with Gasteiger partial charge in [-0.2, -0.15) is 0 Å². The SMILES string of the molecule is CCc1cccc(Br)n1.Cc1cccc(Br)n1. The molecule has 0 saturated heterocycles. The minimum absolute atomic E-state index is 0.900. The number of pyridine rings is 2. The lowest BCUT2D eigenvalue weighted by Crippen LogP contribution is -1.84. The average molecular weight is 358 g/mol. The molecule has 0 spiro atoms. The molecule has 0 amide bonds. The van der Waals surface area contributed by atoms with Crippen LogP contribution in [0.15, 0.2) is 45.6 Å². The Balaban J connectivity index is 0.000000171. The zero-order valence-corrected chi connectivity index (χ0v) is 13.0. The van der Waals surface area contributed by atoms with Crippen molar-refractivity contribution in [1.82, 2.24) is 9.97 Å². The van der Waals surface area contributed by atoms with Crippen LogP contribution in [0, 0.1) is 6.92 Å². The van der Waals surface area contributed by atoms with E-state index in [-0.39, 0.29) is 0 Å². The lowest BCUT2D eigenvalue weighted by molar-refractivity contribution is 1.02. The minimum Gasteiger partial charge on any atom is -0.246 e. The number of aryl methyl sites for hydroxylation is 2. The normalized spacial score (nSPS) is 9.41. The highest BCUT2D eigenvalue weighted by atomic mass is 79.9. The molecule has 0 atom stereocenters. The third kappa shape index (κ3) is 5.94. The van der Waals surface area contributed by atoms with E-state index in [1.54, 1.807) is 0 Å². The Morgan fingerprint density at radius 1 is 0.941 bits per heavy atom. The van der Waals surface area contributed by atoms with E-state index >= 15 is 0 Å². The van der Waals surface area contributed by atoms with Crippen LogP contribution in [0.25, 0.3) is 0 Å². The molecular formula is C13H14Br2N2. The predicted molar refractivity (Wildman–Crippen MR) is 78.0 cm³/mol. The molecule has 2 aromatic rings. The van der Waals surface area contributed by atoms with Gasteiger partial charge in [-0.05, 0) is 69.5 Å². The molecule has 2 rings (SSSR count). The summed E-state index contributed by atoms with van der Waals surface area (Å²) < 4.78 is 1.82. The van der Waals surface area contributed by atoms with Crippen LogP contribution >= 0.6 is 31.9 Å². The fourth-order valence-electron chi connectivity index (χ4n) is 1.16. The topological polar surface area (TPSA) is 25.8 Å². The van der Waals surface area contributed by atoms with Crippen molar-refractivity contribution in [3.63, 3.8) is 0 Å². The van der Waals surface area contributed by atoms with E-state index in [2.05, 4.69) is 48.8 Å². The highest BCUT2D eigenvalue weighted by Crippen LogP contribution is 2.06. The predicted octanol–water partition coefficient (Wildman–Crippen LogP) is 4.56. The zero-order valence-electron chi connectivity index (χ0n) is 9.82. The molecule has 0 aliphatic rings. The van der Waals surface area contributed by atoms with E-state index in [0.717, 1.165) is 27.0 Å². The van der Waals surface area contributed by atoms with Crippen molar-refractivity contribution < 1.29 is 0 Å². The summed E-state index contributed by atoms with van der Waals surface area (Å²) >= 11 is 6.54. The summed E-state index contributed by atoms with van der Waals surface area (Å²) in [5.41, 5.74) is 2.17. The van der Waals surface area contributed by atoms with E-state index in [0.29, 0.717) is 0 Å². The molecule has 0 N–H and O–H groups in total. The van der Waals surface area contributed by atoms with Crippen molar-refractivity contribution in [2.75, 3.05) is 0 Å². The number of hydrogen-bond donors (Lipinski definition) is 0. The smallest absolute Gasteiger partial charge is 0.106 e. The summed E-state index contributed by atoms with van der Waals surface area (Å²) in [6.45, 7) is 4.06. The van der Waals surface area contributed by atoms with Gasteiger partial charge in [0.2, 0.25) is 0 Å². The van der Waals surface area contributed by atoms with Crippen LogP contribution in [0.2, 0.25) is 0 Å². The highest BCUT2D eigenvalue weighted by Gasteiger charge is 1.88. The molecule has 0 aliphatic carbocycles. The molecule has 2 aromatic heterocycles. The Morgan fingerprint density at radius 2 is 1.53 bits per heavy atom. The summed E-state index contributed by atoms with van der Waals surface area (Å²) in [4.78, 5) is 8.30. The second kappa shape index (κ2) is 7.56. The first-order valence-corrected chi connectivity index (χ1v) is 6.91. The van der Waals surface area contributed by atoms with E-state index in [1.807, 2.05) is 43.3 Å². The molecule has 0 bridgehead atoms. The molecule has 4 heteroatoms. The van der Waals surface area contributed by atoms with Crippen LogP contribution in [0.3, 0.4) is 0 Å². The van der Waals surface area contributed by atoms with Gasteiger partial charge in [0.25, 0.3) is 0 Å². The third-order valence-corrected chi connectivity index (χ3v) is 2.87. The minimum atomic E-state index is 0.900. The van der Waals surface area contributed by atoms with E-state index < -0.39 is 0 Å². The van der Waals surface area contributed by atoms with Gasteiger partial charge in [-0.15, -0.1) is 0 Å². The van der Waals surface area contributed by atoms with Crippen LogP contribution < -0.4 is 0 Å². The van der Waals surface area contributed by atoms with Gasteiger partial charge in [0, 0.05) is 11.4 Å². The van der Waals surface area contributed by atoms with Crippen molar-refractivity contribution in [3.8, 4) is 0 Å². The monoisotopic (exact) mass is 356 g/mol. The van der Waals surface area contributed by atoms with Crippen LogP contribution in [0.1, 0.15) is 18.3 Å². The second-order valence-corrected chi connectivity index (χ2v) is 5.03. The molecule has 0 radical (unpaired) electrons. The molecule has 2 nitrogen and oxygen atoms in total. The van der Waals surface area contributed by atoms with Crippen molar-refractivity contribution in [2.24, 2.45) is 0 Å². The van der Waals surface area contributed by atoms with Gasteiger partial charge in [-0.1, -0.05) is 19.1 Å². The van der Waals surface area contributed by atoms with Gasteiger partial charge in [0.1, 0.15) is 9.21 Å². The summed E-state index contributed by atoms with van der Waals surface area (Å²) in [5.74, 6) is 0. The van der Waals surface area contributed by atoms with Crippen molar-refractivity contribution in [2.45, 2.75) is 20.3 Å². The second-order valence-electron chi connectivity index (χ2n) is 3.41. The summed E-state index contributed by atoms with van der Waals surface area (Å²) in [6.07, 6.45) is 0.999. The molecule has 0 aromatic carbocycles. The Kier molecular flexibility index (Phi) is 6.37. The molecule has 0 fully saturated rings. The Labute approximate surface area is 119 Å². The van der Waals surface area contributed by atoms with Crippen LogP contribution in [0.4, 0.5) is 0 Å². The first-order valence-electron chi connectivity index (χ1n) is 5.32.